The fourth-order valence-electron chi connectivity index (χ4n) is 2.10. The van der Waals surface area contributed by atoms with Gasteiger partial charge in [-0.05, 0) is 33.9 Å². The number of methoxy groups -OCH3 is 1. The Bertz CT molecular complexity index is 233. The van der Waals surface area contributed by atoms with Gasteiger partial charge in [0.05, 0.1) is 7.11 Å². The first kappa shape index (κ1) is 16.4. The van der Waals surface area contributed by atoms with E-state index in [1.165, 1.54) is 7.11 Å². The number of hydrogen-bond donors (Lipinski definition) is 1. The predicted molar refractivity (Wildman–Crippen MR) is 71.1 cm³/mol. The Balaban J connectivity index is 4.58. The Labute approximate surface area is 106 Å². The van der Waals surface area contributed by atoms with E-state index in [1.54, 1.807) is 0 Å². The second-order valence-corrected chi connectivity index (χ2v) is 4.91. The molecule has 0 heterocycles. The van der Waals surface area contributed by atoms with E-state index in [0.29, 0.717) is 12.6 Å². The van der Waals surface area contributed by atoms with Crippen molar-refractivity contribution in [3.63, 3.8) is 0 Å². The van der Waals surface area contributed by atoms with Crippen LogP contribution in [0.1, 0.15) is 40.5 Å². The van der Waals surface area contributed by atoms with Crippen molar-refractivity contribution in [1.29, 1.82) is 0 Å². The predicted octanol–water partition coefficient (Wildman–Crippen LogP) is 1.65. The van der Waals surface area contributed by atoms with Crippen LogP contribution < -0.4 is 5.32 Å². The molecule has 4 nitrogen and oxygen atoms in total. The number of hydrogen-bond acceptors (Lipinski definition) is 4. The van der Waals surface area contributed by atoms with Gasteiger partial charge in [0.15, 0.2) is 0 Å². The molecule has 4 heteroatoms. The second kappa shape index (κ2) is 7.67. The van der Waals surface area contributed by atoms with Crippen LogP contribution >= 0.6 is 0 Å². The molecule has 0 spiro atoms. The van der Waals surface area contributed by atoms with Crippen LogP contribution in [0.4, 0.5) is 0 Å². The average molecular weight is 244 g/mol. The van der Waals surface area contributed by atoms with E-state index in [2.05, 4.69) is 31.1 Å². The number of carbonyl (C=O) groups excluding carboxylic acids is 1. The summed E-state index contributed by atoms with van der Waals surface area (Å²) in [5.74, 6) is -0.199. The quantitative estimate of drug-likeness (QED) is 0.659. The molecular weight excluding hydrogens is 216 g/mol. The number of esters is 1. The van der Waals surface area contributed by atoms with Gasteiger partial charge in [-0.2, -0.15) is 0 Å². The SMILES string of the molecule is CCCC(C)N(C)CC(C)(NCC)C(=O)OC. The van der Waals surface area contributed by atoms with Gasteiger partial charge >= 0.3 is 5.97 Å². The van der Waals surface area contributed by atoms with E-state index >= 15 is 0 Å². The number of nitrogens with zero attached hydrogens (tertiary/aromatic N) is 1. The van der Waals surface area contributed by atoms with E-state index in [0.717, 1.165) is 19.4 Å². The Kier molecular flexibility index (Phi) is 7.39. The summed E-state index contributed by atoms with van der Waals surface area (Å²) < 4.78 is 4.88. The normalized spacial score (nSPS) is 16.6. The lowest BCUT2D eigenvalue weighted by atomic mass is 10.0. The van der Waals surface area contributed by atoms with Crippen molar-refractivity contribution in [1.82, 2.24) is 10.2 Å². The highest BCUT2D eigenvalue weighted by Crippen LogP contribution is 2.12. The number of ether oxygens (including phenoxy) is 1. The van der Waals surface area contributed by atoms with Crippen LogP contribution in [-0.2, 0) is 9.53 Å². The summed E-state index contributed by atoms with van der Waals surface area (Å²) in [4.78, 5) is 14.0. The van der Waals surface area contributed by atoms with Crippen molar-refractivity contribution >= 4 is 5.97 Å². The summed E-state index contributed by atoms with van der Waals surface area (Å²) in [6.07, 6.45) is 2.29. The zero-order valence-electron chi connectivity index (χ0n) is 12.2. The first-order valence-electron chi connectivity index (χ1n) is 6.45. The summed E-state index contributed by atoms with van der Waals surface area (Å²) in [5, 5.41) is 3.22. The van der Waals surface area contributed by atoms with Crippen molar-refractivity contribution in [2.75, 3.05) is 27.2 Å². The summed E-state index contributed by atoms with van der Waals surface area (Å²) in [5.41, 5.74) is -0.625. The van der Waals surface area contributed by atoms with Gasteiger partial charge in [0.1, 0.15) is 5.54 Å². The zero-order chi connectivity index (χ0) is 13.5. The monoisotopic (exact) mass is 244 g/mol. The molecule has 0 aliphatic rings. The maximum atomic E-state index is 11.8. The van der Waals surface area contributed by atoms with Crippen molar-refractivity contribution < 1.29 is 9.53 Å². The molecule has 0 bridgehead atoms. The van der Waals surface area contributed by atoms with Crippen LogP contribution in [0.25, 0.3) is 0 Å². The summed E-state index contributed by atoms with van der Waals surface area (Å²) in [6.45, 7) is 9.67. The lowest BCUT2D eigenvalue weighted by Crippen LogP contribution is -2.57. The topological polar surface area (TPSA) is 41.6 Å². The standard InChI is InChI=1S/C13H28N2O2/c1-7-9-11(3)15(5)10-13(4,14-8-2)12(16)17-6/h11,14H,7-10H2,1-6H3. The lowest BCUT2D eigenvalue weighted by molar-refractivity contribution is -0.148. The molecule has 0 fully saturated rings. The fourth-order valence-corrected chi connectivity index (χ4v) is 2.10. The molecular formula is C13H28N2O2. The minimum atomic E-state index is -0.625. The minimum absolute atomic E-state index is 0.199. The Morgan fingerprint density at radius 3 is 2.47 bits per heavy atom. The molecule has 0 aromatic carbocycles. The van der Waals surface area contributed by atoms with Gasteiger partial charge in [-0.15, -0.1) is 0 Å². The van der Waals surface area contributed by atoms with Crippen LogP contribution in [0.3, 0.4) is 0 Å². The fraction of sp³-hybridized carbons (Fsp3) is 0.923. The molecule has 0 aromatic heterocycles. The highest BCUT2D eigenvalue weighted by Gasteiger charge is 2.35. The van der Waals surface area contributed by atoms with Crippen LogP contribution in [0.5, 0.6) is 0 Å². The zero-order valence-corrected chi connectivity index (χ0v) is 12.2. The van der Waals surface area contributed by atoms with Crippen molar-refractivity contribution in [2.45, 2.75) is 52.1 Å². The van der Waals surface area contributed by atoms with E-state index < -0.39 is 5.54 Å². The highest BCUT2D eigenvalue weighted by molar-refractivity contribution is 5.80. The molecule has 0 rings (SSSR count). The largest absolute Gasteiger partial charge is 0.468 e. The van der Waals surface area contributed by atoms with Gasteiger partial charge in [0, 0.05) is 12.6 Å². The molecule has 2 atom stereocenters. The van der Waals surface area contributed by atoms with Crippen molar-refractivity contribution in [3.05, 3.63) is 0 Å². The Morgan fingerprint density at radius 2 is 2.06 bits per heavy atom. The maximum absolute atomic E-state index is 11.8. The molecule has 17 heavy (non-hydrogen) atoms. The van der Waals surface area contributed by atoms with E-state index in [9.17, 15) is 4.79 Å². The van der Waals surface area contributed by atoms with Crippen molar-refractivity contribution in [3.8, 4) is 0 Å². The molecule has 0 amide bonds. The van der Waals surface area contributed by atoms with Crippen LogP contribution in [0.15, 0.2) is 0 Å². The Morgan fingerprint density at radius 1 is 1.47 bits per heavy atom. The first-order valence-corrected chi connectivity index (χ1v) is 6.45. The lowest BCUT2D eigenvalue weighted by Gasteiger charge is -2.34. The molecule has 0 aromatic rings. The maximum Gasteiger partial charge on any atom is 0.327 e. The molecule has 0 saturated heterocycles. The number of nitrogens with one attached hydrogen (secondary N) is 1. The highest BCUT2D eigenvalue weighted by atomic mass is 16.5. The molecule has 0 radical (unpaired) electrons. The van der Waals surface area contributed by atoms with Gasteiger partial charge in [0.25, 0.3) is 0 Å². The molecule has 0 saturated carbocycles. The molecule has 2 unspecified atom stereocenters. The number of rotatable bonds is 8. The van der Waals surface area contributed by atoms with E-state index in [-0.39, 0.29) is 5.97 Å². The molecule has 1 N–H and O–H groups in total. The third kappa shape index (κ3) is 5.04. The third-order valence-corrected chi connectivity index (χ3v) is 3.23. The minimum Gasteiger partial charge on any atom is -0.468 e. The third-order valence-electron chi connectivity index (χ3n) is 3.23. The Hall–Kier alpha value is -0.610. The van der Waals surface area contributed by atoms with Gasteiger partial charge < -0.3 is 15.0 Å². The first-order chi connectivity index (χ1) is 7.91. The van der Waals surface area contributed by atoms with Gasteiger partial charge in [-0.3, -0.25) is 4.79 Å². The molecule has 0 aliphatic heterocycles. The van der Waals surface area contributed by atoms with E-state index in [4.69, 9.17) is 4.74 Å². The summed E-state index contributed by atoms with van der Waals surface area (Å²) in [6, 6.07) is 0.475. The van der Waals surface area contributed by atoms with Crippen LogP contribution in [0.2, 0.25) is 0 Å². The number of carbonyl (C=O) groups is 1. The molecule has 102 valence electrons. The molecule has 0 aliphatic carbocycles. The van der Waals surface area contributed by atoms with Crippen LogP contribution in [0, 0.1) is 0 Å². The van der Waals surface area contributed by atoms with Gasteiger partial charge in [-0.25, -0.2) is 0 Å². The van der Waals surface area contributed by atoms with Crippen molar-refractivity contribution in [2.24, 2.45) is 0 Å². The average Bonchev–Trinajstić information content (AvgIpc) is 2.28. The summed E-state index contributed by atoms with van der Waals surface area (Å²) in [7, 11) is 3.49. The summed E-state index contributed by atoms with van der Waals surface area (Å²) >= 11 is 0. The smallest absolute Gasteiger partial charge is 0.327 e. The van der Waals surface area contributed by atoms with E-state index in [1.807, 2.05) is 13.8 Å². The van der Waals surface area contributed by atoms with Gasteiger partial charge in [-0.1, -0.05) is 20.3 Å². The number of likely N-dealkylation sites (N-methyl/N-ethyl adjacent to an activating group) is 2. The van der Waals surface area contributed by atoms with Gasteiger partial charge in [0.2, 0.25) is 0 Å². The van der Waals surface area contributed by atoms with Crippen LogP contribution in [-0.4, -0.2) is 49.7 Å². The second-order valence-electron chi connectivity index (χ2n) is 4.91.